The van der Waals surface area contributed by atoms with Gasteiger partial charge in [-0.3, -0.25) is 4.98 Å². The molecule has 5 aromatic rings. The molecular weight excluding hydrogens is 471 g/mol. The van der Waals surface area contributed by atoms with Crippen molar-refractivity contribution in [3.05, 3.63) is 94.0 Å². The van der Waals surface area contributed by atoms with Gasteiger partial charge in [0.2, 0.25) is 0 Å². The van der Waals surface area contributed by atoms with Gasteiger partial charge in [0.1, 0.15) is 5.69 Å². The van der Waals surface area contributed by atoms with Crippen molar-refractivity contribution in [1.82, 2.24) is 34.3 Å². The highest BCUT2D eigenvalue weighted by Crippen LogP contribution is 2.32. The first-order valence-corrected chi connectivity index (χ1v) is 10.2. The molecule has 0 N–H and O–H groups in total. The molecule has 34 heavy (non-hydrogen) atoms. The van der Waals surface area contributed by atoms with E-state index < -0.39 is 17.6 Å². The summed E-state index contributed by atoms with van der Waals surface area (Å²) >= 11 is 6.02. The minimum Gasteiger partial charge on any atom is -0.251 e. The van der Waals surface area contributed by atoms with E-state index in [4.69, 9.17) is 11.6 Å². The average molecular weight is 484 g/mol. The molecule has 0 unspecified atom stereocenters. The number of hydrogen-bond acceptors (Lipinski definition) is 6. The fraction of sp³-hybridized carbons (Fsp3) is 0.0909. The van der Waals surface area contributed by atoms with E-state index in [0.717, 1.165) is 27.0 Å². The highest BCUT2D eigenvalue weighted by molar-refractivity contribution is 6.30. The van der Waals surface area contributed by atoms with E-state index in [-0.39, 0.29) is 12.2 Å². The largest absolute Gasteiger partial charge is 0.433 e. The first-order valence-electron chi connectivity index (χ1n) is 9.85. The van der Waals surface area contributed by atoms with E-state index >= 15 is 0 Å². The molecule has 12 heteroatoms. The van der Waals surface area contributed by atoms with Crippen LogP contribution in [0, 0.1) is 0 Å². The lowest BCUT2D eigenvalue weighted by atomic mass is 10.0. The molecule has 170 valence electrons. The molecule has 0 bridgehead atoms. The maximum atomic E-state index is 13.0. The van der Waals surface area contributed by atoms with Crippen LogP contribution in [0.1, 0.15) is 11.3 Å². The third-order valence-electron chi connectivity index (χ3n) is 5.01. The van der Waals surface area contributed by atoms with Gasteiger partial charge in [0.05, 0.1) is 18.3 Å². The summed E-state index contributed by atoms with van der Waals surface area (Å²) in [6.07, 6.45) is 1.15. The van der Waals surface area contributed by atoms with Gasteiger partial charge in [0.25, 0.3) is 0 Å². The van der Waals surface area contributed by atoms with E-state index in [1.165, 1.54) is 12.3 Å². The first kappa shape index (κ1) is 21.7. The summed E-state index contributed by atoms with van der Waals surface area (Å²) in [4.78, 5) is 25.0. The van der Waals surface area contributed by atoms with Crippen LogP contribution < -0.4 is 5.69 Å². The number of fused-ring (bicyclic) bond motifs is 1. The topological polar surface area (TPSA) is 90.9 Å². The highest BCUT2D eigenvalue weighted by Gasteiger charge is 2.32. The number of nitrogens with zero attached hydrogens (tertiary/aromatic N) is 7. The first-order chi connectivity index (χ1) is 16.3. The Morgan fingerprint density at radius 3 is 2.32 bits per heavy atom. The molecule has 0 atom stereocenters. The molecule has 1 aromatic carbocycles. The van der Waals surface area contributed by atoms with Crippen molar-refractivity contribution in [2.45, 2.75) is 12.7 Å². The van der Waals surface area contributed by atoms with Crippen LogP contribution in [-0.4, -0.2) is 34.3 Å². The van der Waals surface area contributed by atoms with E-state index in [2.05, 4.69) is 25.1 Å². The number of pyridine rings is 1. The second kappa shape index (κ2) is 8.34. The molecule has 5 rings (SSSR count). The molecule has 4 aromatic heterocycles. The lowest BCUT2D eigenvalue weighted by Gasteiger charge is -2.09. The summed E-state index contributed by atoms with van der Waals surface area (Å²) in [6, 6.07) is 10.8. The van der Waals surface area contributed by atoms with Crippen LogP contribution >= 0.6 is 11.6 Å². The third-order valence-corrected chi connectivity index (χ3v) is 5.26. The fourth-order valence-corrected chi connectivity index (χ4v) is 3.54. The summed E-state index contributed by atoms with van der Waals surface area (Å²) in [7, 11) is 0. The fourth-order valence-electron chi connectivity index (χ4n) is 3.42. The molecule has 0 spiro atoms. The van der Waals surface area contributed by atoms with Gasteiger partial charge >= 0.3 is 11.9 Å². The zero-order valence-corrected chi connectivity index (χ0v) is 17.9. The van der Waals surface area contributed by atoms with Gasteiger partial charge in [0.15, 0.2) is 11.5 Å². The summed E-state index contributed by atoms with van der Waals surface area (Å²) in [5, 5.41) is 9.21. The molecule has 0 aliphatic rings. The maximum absolute atomic E-state index is 13.0. The highest BCUT2D eigenvalue weighted by atomic mass is 35.5. The predicted octanol–water partition coefficient (Wildman–Crippen LogP) is 4.13. The number of aromatic nitrogens is 7. The maximum Gasteiger partial charge on any atom is 0.433 e. The predicted molar refractivity (Wildman–Crippen MR) is 117 cm³/mol. The van der Waals surface area contributed by atoms with E-state index in [0.29, 0.717) is 27.5 Å². The standard InChI is InChI=1S/C22H13ClF3N7O/c23-15-5-3-14(4-6-15)16-11-30-33-20(18(16)19-27-8-1-9-28-19)31-32(21(33)34)12-13-2-7-17(29-10-13)22(24,25)26/h1-11H,12H2. The van der Waals surface area contributed by atoms with Gasteiger partial charge in [-0.05, 0) is 35.4 Å². The Balaban J connectivity index is 1.65. The Kier molecular flexibility index (Phi) is 5.33. The monoisotopic (exact) mass is 483 g/mol. The number of halogens is 4. The van der Waals surface area contributed by atoms with Crippen molar-refractivity contribution in [1.29, 1.82) is 0 Å². The number of alkyl halides is 3. The van der Waals surface area contributed by atoms with E-state index in [1.807, 2.05) is 0 Å². The molecule has 4 heterocycles. The summed E-state index contributed by atoms with van der Waals surface area (Å²) in [5.74, 6) is 0.327. The Labute approximate surface area is 194 Å². The molecule has 0 saturated heterocycles. The van der Waals surface area contributed by atoms with Crippen molar-refractivity contribution in [2.24, 2.45) is 0 Å². The molecule has 0 saturated carbocycles. The van der Waals surface area contributed by atoms with Crippen LogP contribution in [0.15, 0.2) is 72.0 Å². The SMILES string of the molecule is O=c1n(Cc2ccc(C(F)(F)F)nc2)nc2c(-c3ncccn3)c(-c3ccc(Cl)cc3)cnn12. The van der Waals surface area contributed by atoms with Crippen molar-refractivity contribution in [3.8, 4) is 22.5 Å². The minimum atomic E-state index is -4.55. The van der Waals surface area contributed by atoms with Gasteiger partial charge in [-0.25, -0.2) is 19.4 Å². The Morgan fingerprint density at radius 1 is 0.941 bits per heavy atom. The lowest BCUT2D eigenvalue weighted by Crippen LogP contribution is -2.23. The average Bonchev–Trinajstić information content (AvgIpc) is 3.14. The van der Waals surface area contributed by atoms with Crippen LogP contribution in [0.3, 0.4) is 0 Å². The quantitative estimate of drug-likeness (QED) is 0.382. The van der Waals surface area contributed by atoms with Crippen LogP contribution in [0.4, 0.5) is 13.2 Å². The molecular formula is C22H13ClF3N7O. The second-order valence-corrected chi connectivity index (χ2v) is 7.67. The molecule has 0 aliphatic heterocycles. The normalized spacial score (nSPS) is 11.8. The Bertz CT molecular complexity index is 1530. The van der Waals surface area contributed by atoms with Crippen molar-refractivity contribution in [2.75, 3.05) is 0 Å². The van der Waals surface area contributed by atoms with Crippen molar-refractivity contribution in [3.63, 3.8) is 0 Å². The Hall–Kier alpha value is -4.12. The third kappa shape index (κ3) is 4.01. The number of rotatable bonds is 4. The van der Waals surface area contributed by atoms with Crippen LogP contribution in [0.25, 0.3) is 28.2 Å². The van der Waals surface area contributed by atoms with Crippen LogP contribution in [0.5, 0.6) is 0 Å². The molecule has 0 radical (unpaired) electrons. The molecule has 0 aliphatic carbocycles. The smallest absolute Gasteiger partial charge is 0.251 e. The summed E-state index contributed by atoms with van der Waals surface area (Å²) in [6.45, 7) is -0.0985. The van der Waals surface area contributed by atoms with E-state index in [9.17, 15) is 18.0 Å². The lowest BCUT2D eigenvalue weighted by molar-refractivity contribution is -0.141. The van der Waals surface area contributed by atoms with Crippen molar-refractivity contribution < 1.29 is 13.2 Å². The summed E-state index contributed by atoms with van der Waals surface area (Å²) < 4.78 is 40.6. The zero-order chi connectivity index (χ0) is 23.9. The van der Waals surface area contributed by atoms with Gasteiger partial charge in [-0.15, -0.1) is 5.10 Å². The summed E-state index contributed by atoms with van der Waals surface area (Å²) in [5.41, 5.74) is 0.836. The molecule has 8 nitrogen and oxygen atoms in total. The molecule has 0 fully saturated rings. The molecule has 0 amide bonds. The zero-order valence-electron chi connectivity index (χ0n) is 17.1. The number of benzene rings is 1. The van der Waals surface area contributed by atoms with E-state index in [1.54, 1.807) is 42.7 Å². The van der Waals surface area contributed by atoms with Crippen molar-refractivity contribution >= 4 is 17.2 Å². The van der Waals surface area contributed by atoms with Gasteiger partial charge in [-0.1, -0.05) is 29.8 Å². The Morgan fingerprint density at radius 2 is 1.68 bits per heavy atom. The van der Waals surface area contributed by atoms with Gasteiger partial charge in [0, 0.05) is 29.2 Å². The number of hydrogen-bond donors (Lipinski definition) is 0. The van der Waals surface area contributed by atoms with Gasteiger partial charge in [-0.2, -0.15) is 22.8 Å². The minimum absolute atomic E-state index is 0.0985. The second-order valence-electron chi connectivity index (χ2n) is 7.24. The van der Waals surface area contributed by atoms with Crippen LogP contribution in [0.2, 0.25) is 5.02 Å². The van der Waals surface area contributed by atoms with Gasteiger partial charge < -0.3 is 0 Å². The van der Waals surface area contributed by atoms with Crippen LogP contribution in [-0.2, 0) is 12.7 Å².